The van der Waals surface area contributed by atoms with Crippen molar-refractivity contribution in [3.8, 4) is 0 Å². The van der Waals surface area contributed by atoms with E-state index in [1.807, 2.05) is 20.1 Å². The van der Waals surface area contributed by atoms with Crippen molar-refractivity contribution >= 4 is 39.4 Å². The molecule has 0 aromatic carbocycles. The molecule has 8 heteroatoms. The Morgan fingerprint density at radius 3 is 2.37 bits per heavy atom. The van der Waals surface area contributed by atoms with Crippen molar-refractivity contribution < 1.29 is 29.2 Å². The fourth-order valence-corrected chi connectivity index (χ4v) is 3.86. The van der Waals surface area contributed by atoms with Gasteiger partial charge < -0.3 is 0 Å². The number of carbonyl (C=O) groups excluding carboxylic acids is 3. The lowest BCUT2D eigenvalue weighted by atomic mass is 10.1. The van der Waals surface area contributed by atoms with Crippen molar-refractivity contribution in [1.29, 1.82) is 0 Å². The number of hydrogen-bond donors (Lipinski definition) is 1. The average molecular weight is 308 g/mol. The highest BCUT2D eigenvalue weighted by molar-refractivity contribution is 8.76. The number of rotatable bonds is 6. The maximum absolute atomic E-state index is 11.6. The molecule has 1 saturated heterocycles. The standard InChI is InChI=1S/C11H18NO5S2/c1-11(2,19-18-3)7-6-10(15)17-12(16)8(13)4-5-9(12)14/h16H,4-7H2,1-3H3/q+1. The molecular weight excluding hydrogens is 290 g/mol. The zero-order valence-corrected chi connectivity index (χ0v) is 12.8. The molecule has 0 atom stereocenters. The van der Waals surface area contributed by atoms with Crippen molar-refractivity contribution in [2.75, 3.05) is 6.26 Å². The van der Waals surface area contributed by atoms with E-state index in [0.29, 0.717) is 6.42 Å². The molecule has 0 aromatic rings. The Hall–Kier alpha value is -0.570. The van der Waals surface area contributed by atoms with Crippen LogP contribution in [0, 0.1) is 0 Å². The highest BCUT2D eigenvalue weighted by Gasteiger charge is 2.55. The van der Waals surface area contributed by atoms with Crippen LogP contribution in [-0.2, 0) is 19.2 Å². The summed E-state index contributed by atoms with van der Waals surface area (Å²) in [6.45, 7) is 3.97. The molecule has 0 bridgehead atoms. The van der Waals surface area contributed by atoms with Crippen molar-refractivity contribution in [3.05, 3.63) is 0 Å². The third kappa shape index (κ3) is 4.20. The van der Waals surface area contributed by atoms with Crippen molar-refractivity contribution in [3.63, 3.8) is 0 Å². The first-order chi connectivity index (χ1) is 8.71. The quantitative estimate of drug-likeness (QED) is 0.348. The lowest BCUT2D eigenvalue weighted by molar-refractivity contribution is -1.12. The smallest absolute Gasteiger partial charge is 0.245 e. The van der Waals surface area contributed by atoms with Gasteiger partial charge in [0.25, 0.3) is 0 Å². The zero-order valence-electron chi connectivity index (χ0n) is 11.2. The summed E-state index contributed by atoms with van der Waals surface area (Å²) in [6, 6.07) is 0. The van der Waals surface area contributed by atoms with Gasteiger partial charge in [-0.3, -0.25) is 0 Å². The lowest BCUT2D eigenvalue weighted by Gasteiger charge is -2.22. The van der Waals surface area contributed by atoms with E-state index in [0.717, 1.165) is 0 Å². The fourth-order valence-electron chi connectivity index (χ4n) is 1.62. The van der Waals surface area contributed by atoms with E-state index in [9.17, 15) is 19.6 Å². The normalized spacial score (nSPS) is 18.7. The Morgan fingerprint density at radius 1 is 1.37 bits per heavy atom. The van der Waals surface area contributed by atoms with E-state index in [2.05, 4.69) is 4.84 Å². The van der Waals surface area contributed by atoms with E-state index in [1.165, 1.54) is 0 Å². The maximum Gasteiger partial charge on any atom is 0.397 e. The van der Waals surface area contributed by atoms with E-state index in [-0.39, 0.29) is 24.0 Å². The topological polar surface area (TPSA) is 80.7 Å². The summed E-state index contributed by atoms with van der Waals surface area (Å²) in [5.74, 6) is -2.34. The van der Waals surface area contributed by atoms with Gasteiger partial charge in [0.2, 0.25) is 0 Å². The van der Waals surface area contributed by atoms with Gasteiger partial charge in [0.15, 0.2) is 0 Å². The molecule has 1 fully saturated rings. The molecule has 1 heterocycles. The third-order valence-electron chi connectivity index (χ3n) is 2.70. The Bertz CT molecular complexity index is 381. The predicted molar refractivity (Wildman–Crippen MR) is 71.8 cm³/mol. The summed E-state index contributed by atoms with van der Waals surface area (Å²) in [4.78, 5) is 37.2. The van der Waals surface area contributed by atoms with Crippen LogP contribution in [0.5, 0.6) is 0 Å². The molecule has 0 saturated carbocycles. The van der Waals surface area contributed by atoms with Crippen molar-refractivity contribution in [2.45, 2.75) is 44.3 Å². The van der Waals surface area contributed by atoms with E-state index < -0.39 is 22.6 Å². The molecule has 1 aliphatic rings. The Morgan fingerprint density at radius 2 is 1.89 bits per heavy atom. The van der Waals surface area contributed by atoms with Crippen molar-refractivity contribution in [2.24, 2.45) is 0 Å². The minimum Gasteiger partial charge on any atom is -0.245 e. The van der Waals surface area contributed by atoms with Crippen molar-refractivity contribution in [1.82, 2.24) is 0 Å². The Kier molecular flexibility index (Phi) is 5.43. The molecule has 1 rings (SSSR count). The largest absolute Gasteiger partial charge is 0.397 e. The first-order valence-electron chi connectivity index (χ1n) is 5.84. The second-order valence-corrected chi connectivity index (χ2v) is 7.94. The van der Waals surface area contributed by atoms with Gasteiger partial charge >= 0.3 is 17.8 Å². The van der Waals surface area contributed by atoms with Gasteiger partial charge in [-0.2, -0.15) is 5.21 Å². The van der Waals surface area contributed by atoms with Crippen LogP contribution in [0.3, 0.4) is 0 Å². The van der Waals surface area contributed by atoms with E-state index >= 15 is 0 Å². The number of hydrogen-bond acceptors (Lipinski definition) is 7. The summed E-state index contributed by atoms with van der Waals surface area (Å²) in [6.07, 6.45) is 2.31. The summed E-state index contributed by atoms with van der Waals surface area (Å²) in [5.41, 5.74) is 0. The van der Waals surface area contributed by atoms with Gasteiger partial charge in [-0.1, -0.05) is 21.6 Å². The highest BCUT2D eigenvalue weighted by atomic mass is 33.1. The molecule has 108 valence electrons. The number of quaternary nitrogens is 1. The molecule has 2 amide bonds. The van der Waals surface area contributed by atoms with Gasteiger partial charge in [0.05, 0.1) is 19.3 Å². The summed E-state index contributed by atoms with van der Waals surface area (Å²) in [7, 11) is 3.22. The number of nitrogens with zero attached hydrogens (tertiary/aromatic N) is 1. The summed E-state index contributed by atoms with van der Waals surface area (Å²) < 4.78 is -0.127. The SMILES string of the molecule is CSSC(C)(C)CCC(=O)O[N+]1(O)C(=O)CCC1=O. The third-order valence-corrected chi connectivity index (χ3v) is 5.38. The number of imide groups is 1. The van der Waals surface area contributed by atoms with Crippen LogP contribution < -0.4 is 0 Å². The van der Waals surface area contributed by atoms with Gasteiger partial charge in [0.1, 0.15) is 4.81 Å². The highest BCUT2D eigenvalue weighted by Crippen LogP contribution is 2.37. The molecule has 0 aromatic heterocycles. The van der Waals surface area contributed by atoms with Crippen LogP contribution in [0.4, 0.5) is 0 Å². The second kappa shape index (κ2) is 6.25. The molecule has 6 nitrogen and oxygen atoms in total. The molecule has 1 aliphatic heterocycles. The van der Waals surface area contributed by atoms with Gasteiger partial charge in [0, 0.05) is 4.75 Å². The number of carbonyl (C=O) groups is 3. The second-order valence-electron chi connectivity index (χ2n) is 4.84. The van der Waals surface area contributed by atoms with Crippen LogP contribution in [-0.4, -0.2) is 38.8 Å². The molecule has 0 radical (unpaired) electrons. The first kappa shape index (κ1) is 16.5. The minimum absolute atomic E-state index is 0.0433. The maximum atomic E-state index is 11.6. The predicted octanol–water partition coefficient (Wildman–Crippen LogP) is 2.07. The summed E-state index contributed by atoms with van der Waals surface area (Å²) >= 11 is 0. The molecular formula is C11H18NO5S2+. The Labute approximate surface area is 119 Å². The molecule has 0 spiro atoms. The monoisotopic (exact) mass is 308 g/mol. The summed E-state index contributed by atoms with van der Waals surface area (Å²) in [5, 5.41) is 9.72. The lowest BCUT2D eigenvalue weighted by Crippen LogP contribution is -2.50. The van der Waals surface area contributed by atoms with Crippen LogP contribution in [0.1, 0.15) is 39.5 Å². The zero-order chi connectivity index (χ0) is 14.7. The van der Waals surface area contributed by atoms with Crippen LogP contribution in [0.2, 0.25) is 0 Å². The Balaban J connectivity index is 2.52. The molecule has 1 N–H and O–H groups in total. The molecule has 0 aliphatic carbocycles. The first-order valence-corrected chi connectivity index (χ1v) is 8.40. The van der Waals surface area contributed by atoms with E-state index in [1.54, 1.807) is 21.6 Å². The van der Waals surface area contributed by atoms with Crippen LogP contribution >= 0.6 is 21.6 Å². The number of hydroxylamine groups is 4. The fraction of sp³-hybridized carbons (Fsp3) is 0.727. The minimum atomic E-state index is -1.82. The number of amides is 2. The molecule has 19 heavy (non-hydrogen) atoms. The average Bonchev–Trinajstić information content (AvgIpc) is 2.55. The van der Waals surface area contributed by atoms with Gasteiger partial charge in [-0.15, -0.1) is 0 Å². The van der Waals surface area contributed by atoms with E-state index in [4.69, 9.17) is 0 Å². The molecule has 0 unspecified atom stereocenters. The van der Waals surface area contributed by atoms with Gasteiger partial charge in [-0.05, 0) is 26.5 Å². The van der Waals surface area contributed by atoms with Crippen LogP contribution in [0.25, 0.3) is 0 Å². The van der Waals surface area contributed by atoms with Crippen LogP contribution in [0.15, 0.2) is 0 Å². The van der Waals surface area contributed by atoms with Gasteiger partial charge in [-0.25, -0.2) is 19.2 Å².